The Kier molecular flexibility index (Phi) is 5.58. The van der Waals surface area contributed by atoms with Crippen LogP contribution in [0.15, 0.2) is 24.3 Å². The number of likely N-dealkylation sites (tertiary alicyclic amines) is 1. The van der Waals surface area contributed by atoms with E-state index in [1.807, 2.05) is 30.0 Å². The Hall–Kier alpha value is -2.08. The first-order valence-electron chi connectivity index (χ1n) is 9.15. The van der Waals surface area contributed by atoms with E-state index in [-0.39, 0.29) is 24.1 Å². The molecule has 3 rings (SSSR count). The molecule has 25 heavy (non-hydrogen) atoms. The van der Waals surface area contributed by atoms with Crippen molar-refractivity contribution < 1.29 is 14.3 Å². The van der Waals surface area contributed by atoms with Crippen LogP contribution in [0.5, 0.6) is 0 Å². The van der Waals surface area contributed by atoms with Crippen molar-refractivity contribution in [1.29, 1.82) is 0 Å². The number of piperidine rings is 1. The highest BCUT2D eigenvalue weighted by molar-refractivity contribution is 5.97. The van der Waals surface area contributed by atoms with Crippen LogP contribution in [0.1, 0.15) is 32.3 Å². The second kappa shape index (κ2) is 7.87. The Labute approximate surface area is 149 Å². The minimum Gasteiger partial charge on any atom is -0.450 e. The molecule has 1 atom stereocenters. The Morgan fingerprint density at radius 2 is 1.96 bits per heavy atom. The fourth-order valence-electron chi connectivity index (χ4n) is 3.74. The summed E-state index contributed by atoms with van der Waals surface area (Å²) in [5, 5.41) is 3.37. The quantitative estimate of drug-likeness (QED) is 0.908. The molecule has 2 heterocycles. The van der Waals surface area contributed by atoms with Gasteiger partial charge in [-0.1, -0.05) is 18.2 Å². The lowest BCUT2D eigenvalue weighted by Crippen LogP contribution is -2.48. The average molecular weight is 345 g/mol. The number of benzene rings is 1. The number of hydrogen-bond donors (Lipinski definition) is 1. The van der Waals surface area contributed by atoms with Crippen LogP contribution in [0.4, 0.5) is 10.5 Å². The molecule has 0 aliphatic carbocycles. The number of amides is 2. The number of anilines is 1. The molecule has 2 aliphatic rings. The van der Waals surface area contributed by atoms with Gasteiger partial charge in [0.15, 0.2) is 0 Å². The van der Waals surface area contributed by atoms with E-state index in [1.54, 1.807) is 4.90 Å². The van der Waals surface area contributed by atoms with E-state index < -0.39 is 0 Å². The predicted molar refractivity (Wildman–Crippen MR) is 96.7 cm³/mol. The van der Waals surface area contributed by atoms with E-state index in [9.17, 15) is 9.59 Å². The van der Waals surface area contributed by atoms with Gasteiger partial charge in [0.1, 0.15) is 0 Å². The normalized spacial score (nSPS) is 20.5. The molecule has 0 saturated carbocycles. The molecule has 0 spiro atoms. The summed E-state index contributed by atoms with van der Waals surface area (Å²) in [6.45, 7) is 6.00. The van der Waals surface area contributed by atoms with Crippen molar-refractivity contribution in [3.8, 4) is 0 Å². The lowest BCUT2D eigenvalue weighted by molar-refractivity contribution is -0.118. The standard InChI is InChI=1S/C19H27N3O3/c1-3-25-19(24)21-10-8-16(9-11-21)20-13-18(23)22-14(2)12-15-6-4-5-7-17(15)22/h4-7,14,16,20H,3,8-13H2,1-2H3. The Morgan fingerprint density at radius 3 is 2.68 bits per heavy atom. The molecule has 1 unspecified atom stereocenters. The molecule has 1 fully saturated rings. The minimum absolute atomic E-state index is 0.116. The molecule has 0 radical (unpaired) electrons. The van der Waals surface area contributed by atoms with Crippen LogP contribution >= 0.6 is 0 Å². The van der Waals surface area contributed by atoms with E-state index in [0.717, 1.165) is 24.9 Å². The lowest BCUT2D eigenvalue weighted by Gasteiger charge is -2.32. The molecule has 2 amide bonds. The van der Waals surface area contributed by atoms with Crippen LogP contribution < -0.4 is 10.2 Å². The van der Waals surface area contributed by atoms with Crippen molar-refractivity contribution in [3.63, 3.8) is 0 Å². The number of hydrogen-bond acceptors (Lipinski definition) is 4. The summed E-state index contributed by atoms with van der Waals surface area (Å²) in [7, 11) is 0. The second-order valence-electron chi connectivity index (χ2n) is 6.79. The van der Waals surface area contributed by atoms with Crippen LogP contribution in [-0.4, -0.2) is 55.2 Å². The van der Waals surface area contributed by atoms with E-state index in [1.165, 1.54) is 5.56 Å². The first-order valence-corrected chi connectivity index (χ1v) is 9.15. The Balaban J connectivity index is 1.48. The van der Waals surface area contributed by atoms with Gasteiger partial charge in [-0.05, 0) is 44.7 Å². The first kappa shape index (κ1) is 17.7. The third-order valence-corrected chi connectivity index (χ3v) is 5.04. The summed E-state index contributed by atoms with van der Waals surface area (Å²) in [6.07, 6.45) is 2.37. The topological polar surface area (TPSA) is 61.9 Å². The zero-order valence-electron chi connectivity index (χ0n) is 15.0. The molecule has 1 N–H and O–H groups in total. The molecule has 6 nitrogen and oxygen atoms in total. The molecule has 1 saturated heterocycles. The third-order valence-electron chi connectivity index (χ3n) is 5.04. The van der Waals surface area contributed by atoms with E-state index >= 15 is 0 Å². The van der Waals surface area contributed by atoms with Gasteiger partial charge in [-0.15, -0.1) is 0 Å². The summed E-state index contributed by atoms with van der Waals surface area (Å²) in [4.78, 5) is 28.1. The Morgan fingerprint density at radius 1 is 1.24 bits per heavy atom. The largest absolute Gasteiger partial charge is 0.450 e. The highest BCUT2D eigenvalue weighted by Crippen LogP contribution is 2.31. The number of carbonyl (C=O) groups excluding carboxylic acids is 2. The van der Waals surface area contributed by atoms with Gasteiger partial charge in [0.05, 0.1) is 13.2 Å². The number of nitrogens with one attached hydrogen (secondary N) is 1. The zero-order chi connectivity index (χ0) is 17.8. The van der Waals surface area contributed by atoms with Crippen molar-refractivity contribution in [2.45, 2.75) is 45.2 Å². The highest BCUT2D eigenvalue weighted by Gasteiger charge is 2.31. The number of para-hydroxylation sites is 1. The smallest absolute Gasteiger partial charge is 0.409 e. The lowest BCUT2D eigenvalue weighted by atomic mass is 10.1. The van der Waals surface area contributed by atoms with E-state index in [0.29, 0.717) is 26.2 Å². The number of nitrogens with zero attached hydrogens (tertiary/aromatic N) is 2. The summed E-state index contributed by atoms with van der Waals surface area (Å²) in [5.41, 5.74) is 2.28. The summed E-state index contributed by atoms with van der Waals surface area (Å²) < 4.78 is 5.03. The van der Waals surface area contributed by atoms with Crippen molar-refractivity contribution >= 4 is 17.7 Å². The van der Waals surface area contributed by atoms with Gasteiger partial charge < -0.3 is 19.9 Å². The van der Waals surface area contributed by atoms with E-state index in [4.69, 9.17) is 4.74 Å². The maximum atomic E-state index is 12.7. The fourth-order valence-corrected chi connectivity index (χ4v) is 3.74. The van der Waals surface area contributed by atoms with Crippen LogP contribution in [0.25, 0.3) is 0 Å². The highest BCUT2D eigenvalue weighted by atomic mass is 16.6. The average Bonchev–Trinajstić information content (AvgIpc) is 2.96. The Bertz CT molecular complexity index is 626. The molecule has 2 aliphatic heterocycles. The predicted octanol–water partition coefficient (Wildman–Crippen LogP) is 2.17. The van der Waals surface area contributed by atoms with Crippen molar-refractivity contribution in [3.05, 3.63) is 29.8 Å². The molecule has 1 aromatic carbocycles. The molecule has 136 valence electrons. The van der Waals surface area contributed by atoms with Gasteiger partial charge in [-0.25, -0.2) is 4.79 Å². The maximum Gasteiger partial charge on any atom is 0.409 e. The zero-order valence-corrected chi connectivity index (χ0v) is 15.0. The number of ether oxygens (including phenoxy) is 1. The van der Waals surface area contributed by atoms with Crippen LogP contribution in [-0.2, 0) is 16.0 Å². The third kappa shape index (κ3) is 3.95. The van der Waals surface area contributed by atoms with Gasteiger partial charge in [0, 0.05) is 30.9 Å². The molecular weight excluding hydrogens is 318 g/mol. The fraction of sp³-hybridized carbons (Fsp3) is 0.579. The molecule has 0 bridgehead atoms. The van der Waals surface area contributed by atoms with Gasteiger partial charge in [0.2, 0.25) is 5.91 Å². The second-order valence-corrected chi connectivity index (χ2v) is 6.79. The number of carbonyl (C=O) groups is 2. The monoisotopic (exact) mass is 345 g/mol. The van der Waals surface area contributed by atoms with Crippen LogP contribution in [0.2, 0.25) is 0 Å². The summed E-state index contributed by atoms with van der Waals surface area (Å²) >= 11 is 0. The molecule has 6 heteroatoms. The first-order chi connectivity index (χ1) is 12.1. The van der Waals surface area contributed by atoms with Gasteiger partial charge in [0.25, 0.3) is 0 Å². The van der Waals surface area contributed by atoms with E-state index in [2.05, 4.69) is 18.3 Å². The van der Waals surface area contributed by atoms with Crippen molar-refractivity contribution in [2.24, 2.45) is 0 Å². The SMILES string of the molecule is CCOC(=O)N1CCC(NCC(=O)N2c3ccccc3CC2C)CC1. The molecular formula is C19H27N3O3. The number of fused-ring (bicyclic) bond motifs is 1. The van der Waals surface area contributed by atoms with Gasteiger partial charge >= 0.3 is 6.09 Å². The maximum absolute atomic E-state index is 12.7. The summed E-state index contributed by atoms with van der Waals surface area (Å²) in [5.74, 6) is 0.116. The van der Waals surface area contributed by atoms with Crippen molar-refractivity contribution in [2.75, 3.05) is 31.1 Å². The van der Waals surface area contributed by atoms with Crippen LogP contribution in [0, 0.1) is 0 Å². The van der Waals surface area contributed by atoms with Gasteiger partial charge in [-0.3, -0.25) is 4.79 Å². The molecule has 0 aromatic heterocycles. The van der Waals surface area contributed by atoms with Gasteiger partial charge in [-0.2, -0.15) is 0 Å². The van der Waals surface area contributed by atoms with Crippen molar-refractivity contribution in [1.82, 2.24) is 10.2 Å². The van der Waals surface area contributed by atoms with Crippen LogP contribution in [0.3, 0.4) is 0 Å². The minimum atomic E-state index is -0.237. The number of rotatable bonds is 4. The molecule has 1 aromatic rings. The summed E-state index contributed by atoms with van der Waals surface area (Å²) in [6, 6.07) is 8.59.